The first-order valence-corrected chi connectivity index (χ1v) is 12.1. The van der Waals surface area contributed by atoms with Crippen molar-refractivity contribution in [3.8, 4) is 0 Å². The van der Waals surface area contributed by atoms with Crippen molar-refractivity contribution in [1.82, 2.24) is 9.80 Å². The number of amides is 3. The van der Waals surface area contributed by atoms with Crippen LogP contribution in [0.5, 0.6) is 0 Å². The first-order valence-electron chi connectivity index (χ1n) is 11.7. The van der Waals surface area contributed by atoms with Crippen LogP contribution in [0.15, 0.2) is 42.5 Å². The Hall–Kier alpha value is -3.93. The summed E-state index contributed by atoms with van der Waals surface area (Å²) in [4.78, 5) is 42.9. The van der Waals surface area contributed by atoms with E-state index in [0.29, 0.717) is 48.8 Å². The molecule has 0 aliphatic carbocycles. The van der Waals surface area contributed by atoms with Gasteiger partial charge in [0.25, 0.3) is 11.1 Å². The molecule has 2 aromatic rings. The molecule has 37 heavy (non-hydrogen) atoms. The number of carbonyl (C=O) groups excluding carboxylic acids is 3. The van der Waals surface area contributed by atoms with Crippen molar-refractivity contribution in [2.75, 3.05) is 62.0 Å². The van der Waals surface area contributed by atoms with Gasteiger partial charge in [-0.25, -0.2) is 9.18 Å². The fraction of sp³-hybridized carbons (Fsp3) is 0.360. The number of likely N-dealkylation sites (N-methyl/N-ethyl adjacent to an activating group) is 1. The third-order valence-corrected chi connectivity index (χ3v) is 6.75. The number of hydrogen-bond acceptors (Lipinski definition) is 7. The molecule has 0 aromatic heterocycles. The molecule has 0 unspecified atom stereocenters. The van der Waals surface area contributed by atoms with Gasteiger partial charge in [0, 0.05) is 51.4 Å². The van der Waals surface area contributed by atoms with Gasteiger partial charge < -0.3 is 24.6 Å². The molecule has 0 spiro atoms. The van der Waals surface area contributed by atoms with Gasteiger partial charge in [-0.2, -0.15) is 0 Å². The van der Waals surface area contributed by atoms with E-state index in [0.717, 1.165) is 0 Å². The van der Waals surface area contributed by atoms with E-state index in [9.17, 15) is 14.4 Å². The highest BCUT2D eigenvalue weighted by Gasteiger charge is 2.36. The molecule has 2 fully saturated rings. The molecule has 2 saturated heterocycles. The Morgan fingerprint density at radius 1 is 1.14 bits per heavy atom. The number of nitrogens with zero attached hydrogens (tertiary/aromatic N) is 4. The number of methoxy groups -OCH3 is 1. The number of rotatable bonds is 5. The van der Waals surface area contributed by atoms with Crippen molar-refractivity contribution in [3.05, 3.63) is 53.8 Å². The van der Waals surface area contributed by atoms with Crippen LogP contribution in [-0.4, -0.2) is 86.0 Å². The summed E-state index contributed by atoms with van der Waals surface area (Å²) in [5, 5.41) is 2.85. The maximum absolute atomic E-state index is 15.1. The zero-order valence-corrected chi connectivity index (χ0v) is 21.6. The molecule has 196 valence electrons. The van der Waals surface area contributed by atoms with Crippen molar-refractivity contribution in [1.29, 1.82) is 0 Å². The lowest BCUT2D eigenvalue weighted by molar-refractivity contribution is -0.114. The van der Waals surface area contributed by atoms with E-state index in [-0.39, 0.29) is 23.5 Å². The van der Waals surface area contributed by atoms with Crippen LogP contribution in [0.4, 0.5) is 26.2 Å². The van der Waals surface area contributed by atoms with E-state index in [4.69, 9.17) is 21.7 Å². The number of piperazine rings is 1. The summed E-state index contributed by atoms with van der Waals surface area (Å²) in [7, 11) is 3.09. The second-order valence-corrected chi connectivity index (χ2v) is 9.05. The van der Waals surface area contributed by atoms with Gasteiger partial charge in [0.1, 0.15) is 5.82 Å². The van der Waals surface area contributed by atoms with Crippen LogP contribution in [-0.2, 0) is 14.3 Å². The predicted octanol–water partition coefficient (Wildman–Crippen LogP) is 2.89. The van der Waals surface area contributed by atoms with Gasteiger partial charge in [-0.1, -0.05) is 0 Å². The number of nitrogens with one attached hydrogen (secondary N) is 1. The normalized spacial score (nSPS) is 17.4. The minimum absolute atomic E-state index is 0.120. The maximum Gasteiger partial charge on any atom is 0.416 e. The Bertz CT molecular complexity index is 1200. The second-order valence-electron chi connectivity index (χ2n) is 8.70. The van der Waals surface area contributed by atoms with Crippen molar-refractivity contribution in [2.45, 2.75) is 13.2 Å². The number of ether oxygens (including phenoxy) is 2. The quantitative estimate of drug-likeness (QED) is 0.591. The lowest BCUT2D eigenvalue weighted by Crippen LogP contribution is -2.49. The molecule has 2 aliphatic rings. The number of hydrogen-bond donors (Lipinski definition) is 1. The highest BCUT2D eigenvalue weighted by molar-refractivity contribution is 7.80. The molecule has 3 amide bonds. The standard InChI is InChI=1S/C25H28FN5O5S/c1-16(32)27-18-6-4-17(5-7-18)23(33)30-12-10-29(11-13-30)21-9-8-19(14-20(21)26)31-15-22(36-24(31)34)28(2)25(37)35-3/h4-9,14,22H,10-13,15H2,1-3H3,(H,27,32)/t22-/m0/s1. The fourth-order valence-corrected chi connectivity index (χ4v) is 4.39. The third-order valence-electron chi connectivity index (χ3n) is 6.29. The van der Waals surface area contributed by atoms with Gasteiger partial charge in [-0.15, -0.1) is 0 Å². The van der Waals surface area contributed by atoms with Gasteiger partial charge in [0.05, 0.1) is 25.0 Å². The lowest BCUT2D eigenvalue weighted by atomic mass is 10.1. The first-order chi connectivity index (χ1) is 17.7. The Morgan fingerprint density at radius 3 is 2.41 bits per heavy atom. The molecule has 1 N–H and O–H groups in total. The Balaban J connectivity index is 1.36. The van der Waals surface area contributed by atoms with Crippen LogP contribution in [0.3, 0.4) is 0 Å². The zero-order valence-electron chi connectivity index (χ0n) is 20.8. The van der Waals surface area contributed by atoms with Crippen LogP contribution < -0.4 is 15.1 Å². The molecule has 0 saturated carbocycles. The third kappa shape index (κ3) is 5.74. The van der Waals surface area contributed by atoms with E-state index in [1.165, 1.54) is 29.9 Å². The zero-order chi connectivity index (χ0) is 26.7. The number of halogens is 1. The molecule has 1 atom stereocenters. The SMILES string of the molecule is COC(=S)N(C)[C@@H]1CN(c2ccc(N3CCN(C(=O)c4ccc(NC(C)=O)cc4)CC3)c(F)c2)C(=O)O1. The van der Waals surface area contributed by atoms with Crippen LogP contribution in [0.2, 0.25) is 0 Å². The largest absolute Gasteiger partial charge is 0.474 e. The van der Waals surface area contributed by atoms with Gasteiger partial charge >= 0.3 is 6.09 Å². The smallest absolute Gasteiger partial charge is 0.416 e. The predicted molar refractivity (Wildman–Crippen MR) is 140 cm³/mol. The number of carbonyl (C=O) groups is 3. The molecule has 0 radical (unpaired) electrons. The Morgan fingerprint density at radius 2 is 1.81 bits per heavy atom. The average molecular weight is 530 g/mol. The molecule has 10 nitrogen and oxygen atoms in total. The summed E-state index contributed by atoms with van der Waals surface area (Å²) in [5.41, 5.74) is 1.92. The summed E-state index contributed by atoms with van der Waals surface area (Å²) in [5.74, 6) is -0.771. The topological polar surface area (TPSA) is 94.7 Å². The molecule has 2 aromatic carbocycles. The molecule has 2 aliphatic heterocycles. The summed E-state index contributed by atoms with van der Waals surface area (Å²) >= 11 is 5.08. The molecular formula is C25H28FN5O5S. The van der Waals surface area contributed by atoms with Gasteiger partial charge in [-0.05, 0) is 54.7 Å². The van der Waals surface area contributed by atoms with Crippen LogP contribution >= 0.6 is 12.2 Å². The number of thiocarbonyl (C=S) groups is 1. The summed E-state index contributed by atoms with van der Waals surface area (Å²) in [6, 6.07) is 11.3. The van der Waals surface area contributed by atoms with Crippen LogP contribution in [0.1, 0.15) is 17.3 Å². The molecule has 12 heteroatoms. The number of cyclic esters (lactones) is 1. The number of benzene rings is 2. The monoisotopic (exact) mass is 529 g/mol. The summed E-state index contributed by atoms with van der Waals surface area (Å²) in [6.07, 6.45) is -1.24. The molecular weight excluding hydrogens is 501 g/mol. The van der Waals surface area contributed by atoms with Crippen molar-refractivity contribution >= 4 is 52.4 Å². The number of anilines is 3. The van der Waals surface area contributed by atoms with Gasteiger partial charge in [-0.3, -0.25) is 19.4 Å². The molecule has 2 heterocycles. The van der Waals surface area contributed by atoms with Crippen LogP contribution in [0.25, 0.3) is 0 Å². The second kappa shape index (κ2) is 11.0. The van der Waals surface area contributed by atoms with E-state index >= 15 is 4.39 Å². The highest BCUT2D eigenvalue weighted by atomic mass is 32.1. The van der Waals surface area contributed by atoms with E-state index in [1.807, 2.05) is 4.90 Å². The van der Waals surface area contributed by atoms with E-state index in [2.05, 4.69) is 5.32 Å². The Labute approximate surface area is 219 Å². The minimum Gasteiger partial charge on any atom is -0.474 e. The Kier molecular flexibility index (Phi) is 7.77. The summed E-state index contributed by atoms with van der Waals surface area (Å²) < 4.78 is 25.5. The van der Waals surface area contributed by atoms with Gasteiger partial charge in [0.15, 0.2) is 6.23 Å². The van der Waals surface area contributed by atoms with Crippen molar-refractivity contribution < 1.29 is 28.2 Å². The minimum atomic E-state index is -0.644. The first kappa shape index (κ1) is 26.1. The maximum atomic E-state index is 15.1. The van der Waals surface area contributed by atoms with Crippen molar-refractivity contribution in [2.24, 2.45) is 0 Å². The van der Waals surface area contributed by atoms with Gasteiger partial charge in [0.2, 0.25) is 5.91 Å². The molecule has 4 rings (SSSR count). The van der Waals surface area contributed by atoms with Crippen molar-refractivity contribution in [3.63, 3.8) is 0 Å². The van der Waals surface area contributed by atoms with Crippen LogP contribution in [0, 0.1) is 5.82 Å². The highest BCUT2D eigenvalue weighted by Crippen LogP contribution is 2.29. The van der Waals surface area contributed by atoms with E-state index in [1.54, 1.807) is 48.3 Å². The fourth-order valence-electron chi connectivity index (χ4n) is 4.27. The molecule has 0 bridgehead atoms. The average Bonchev–Trinajstić information content (AvgIpc) is 3.29. The van der Waals surface area contributed by atoms with E-state index < -0.39 is 18.1 Å². The lowest BCUT2D eigenvalue weighted by Gasteiger charge is -2.36. The summed E-state index contributed by atoms with van der Waals surface area (Å²) in [6.45, 7) is 3.37.